The zero-order valence-electron chi connectivity index (χ0n) is 58.0. The molecule has 1 unspecified atom stereocenters. The quantitative estimate of drug-likeness (QED) is 0.0485. The van der Waals surface area contributed by atoms with Gasteiger partial charge in [-0.05, 0) is 12.8 Å². The lowest BCUT2D eigenvalue weighted by Crippen LogP contribution is -2.28. The normalized spacial score (nSPS) is 12.0. The van der Waals surface area contributed by atoms with Crippen molar-refractivity contribution in [3.05, 3.63) is 0 Å². The molecule has 1 atom stereocenters. The van der Waals surface area contributed by atoms with Gasteiger partial charge in [0.1, 0.15) is 6.61 Å². The van der Waals surface area contributed by atoms with E-state index in [2.05, 4.69) is 13.8 Å². The maximum atomic E-state index is 12.4. The van der Waals surface area contributed by atoms with E-state index in [1.54, 1.807) is 0 Å². The van der Waals surface area contributed by atoms with Crippen molar-refractivity contribution in [2.75, 3.05) is 13.2 Å². The molecule has 0 radical (unpaired) electrons. The van der Waals surface area contributed by atoms with Crippen molar-refractivity contribution in [3.8, 4) is 0 Å². The molecule has 0 aromatic heterocycles. The van der Waals surface area contributed by atoms with Crippen LogP contribution in [0.15, 0.2) is 0 Å². The zero-order valence-corrected chi connectivity index (χ0v) is 58.0. The molecule has 0 saturated heterocycles. The van der Waals surface area contributed by atoms with Crippen LogP contribution in [0.5, 0.6) is 0 Å². The van der Waals surface area contributed by atoms with Crippen molar-refractivity contribution < 1.29 is 24.2 Å². The largest absolute Gasteiger partial charge is 0.462 e. The monoisotopic (exact) mass is 1190 g/mol. The van der Waals surface area contributed by atoms with E-state index >= 15 is 0 Å². The number of esters is 2. The number of carbonyl (C=O) groups excluding carboxylic acids is 2. The predicted molar refractivity (Wildman–Crippen MR) is 372 cm³/mol. The van der Waals surface area contributed by atoms with Gasteiger partial charge in [0.2, 0.25) is 0 Å². The first-order valence-electron chi connectivity index (χ1n) is 39.6. The molecule has 0 saturated carbocycles. The van der Waals surface area contributed by atoms with Crippen LogP contribution in [0, 0.1) is 0 Å². The Kier molecular flexibility index (Phi) is 75.2. The van der Waals surface area contributed by atoms with E-state index in [1.807, 2.05) is 0 Å². The number of rotatable bonds is 76. The zero-order chi connectivity index (χ0) is 60.5. The van der Waals surface area contributed by atoms with Gasteiger partial charge in [0.25, 0.3) is 0 Å². The molecule has 0 amide bonds. The standard InChI is InChI=1S/C79H156O5/c1-3-5-7-9-11-13-15-17-19-21-23-25-27-29-31-33-35-37-38-39-40-42-44-46-48-50-52-54-56-58-60-62-64-66-68-70-72-74-79(82)84-77(75-80)76-83-78(81)73-71-69-67-65-63-61-59-57-55-53-51-49-47-45-43-41-36-34-32-30-28-26-24-22-20-18-16-14-12-10-8-6-4-2/h77,80H,3-76H2,1-2H3. The Labute approximate surface area is 529 Å². The van der Waals surface area contributed by atoms with Crippen molar-refractivity contribution in [2.24, 2.45) is 0 Å². The van der Waals surface area contributed by atoms with Crippen molar-refractivity contribution >= 4 is 11.9 Å². The summed E-state index contributed by atoms with van der Waals surface area (Å²) < 4.78 is 10.8. The van der Waals surface area contributed by atoms with E-state index in [-0.39, 0.29) is 25.2 Å². The van der Waals surface area contributed by atoms with Crippen LogP contribution in [0.25, 0.3) is 0 Å². The second-order valence-electron chi connectivity index (χ2n) is 27.5. The smallest absolute Gasteiger partial charge is 0.306 e. The van der Waals surface area contributed by atoms with Crippen molar-refractivity contribution in [2.45, 2.75) is 482 Å². The Morgan fingerprint density at radius 2 is 0.369 bits per heavy atom. The first-order valence-corrected chi connectivity index (χ1v) is 39.6. The van der Waals surface area contributed by atoms with Crippen LogP contribution in [-0.2, 0) is 19.1 Å². The van der Waals surface area contributed by atoms with Crippen LogP contribution >= 0.6 is 0 Å². The van der Waals surface area contributed by atoms with E-state index in [0.717, 1.165) is 32.1 Å². The molecule has 0 fully saturated rings. The Bertz CT molecular complexity index is 1200. The molecule has 0 rings (SSSR count). The minimum atomic E-state index is -0.766. The van der Waals surface area contributed by atoms with Gasteiger partial charge in [0, 0.05) is 12.8 Å². The fourth-order valence-electron chi connectivity index (χ4n) is 13.0. The van der Waals surface area contributed by atoms with E-state index < -0.39 is 6.10 Å². The summed E-state index contributed by atoms with van der Waals surface area (Å²) in [5, 5.41) is 9.72. The first-order chi connectivity index (χ1) is 41.6. The van der Waals surface area contributed by atoms with E-state index in [1.165, 1.54) is 417 Å². The molecule has 84 heavy (non-hydrogen) atoms. The van der Waals surface area contributed by atoms with Gasteiger partial charge in [-0.25, -0.2) is 0 Å². The number of ether oxygens (including phenoxy) is 2. The summed E-state index contributed by atoms with van der Waals surface area (Å²) in [6.45, 7) is 4.24. The molecule has 0 spiro atoms. The summed E-state index contributed by atoms with van der Waals surface area (Å²) >= 11 is 0. The third-order valence-corrected chi connectivity index (χ3v) is 18.9. The van der Waals surface area contributed by atoms with Gasteiger partial charge in [-0.2, -0.15) is 0 Å². The molecule has 0 aliphatic rings. The Balaban J connectivity index is 3.33. The van der Waals surface area contributed by atoms with Gasteiger partial charge in [0.05, 0.1) is 6.61 Å². The van der Waals surface area contributed by atoms with E-state index in [0.29, 0.717) is 12.8 Å². The van der Waals surface area contributed by atoms with Gasteiger partial charge in [0.15, 0.2) is 6.10 Å². The van der Waals surface area contributed by atoms with Crippen molar-refractivity contribution in [1.82, 2.24) is 0 Å². The van der Waals surface area contributed by atoms with E-state index in [9.17, 15) is 14.7 Å². The van der Waals surface area contributed by atoms with Crippen LogP contribution in [0.3, 0.4) is 0 Å². The molecule has 5 heteroatoms. The lowest BCUT2D eigenvalue weighted by Gasteiger charge is -2.15. The fraction of sp³-hybridized carbons (Fsp3) is 0.975. The second-order valence-corrected chi connectivity index (χ2v) is 27.5. The fourth-order valence-corrected chi connectivity index (χ4v) is 13.0. The highest BCUT2D eigenvalue weighted by atomic mass is 16.6. The van der Waals surface area contributed by atoms with Crippen LogP contribution in [0.4, 0.5) is 0 Å². The molecule has 0 bridgehead atoms. The Morgan fingerprint density at radius 3 is 0.524 bits per heavy atom. The van der Waals surface area contributed by atoms with Crippen molar-refractivity contribution in [1.29, 1.82) is 0 Å². The molecular weight excluding hydrogens is 1030 g/mol. The minimum Gasteiger partial charge on any atom is -0.462 e. The molecule has 5 nitrogen and oxygen atoms in total. The molecule has 0 aliphatic heterocycles. The first kappa shape index (κ1) is 82.9. The van der Waals surface area contributed by atoms with Crippen LogP contribution < -0.4 is 0 Å². The summed E-state index contributed by atoms with van der Waals surface area (Å²) in [5.74, 6) is -0.556. The molecule has 0 aromatic carbocycles. The third kappa shape index (κ3) is 73.4. The van der Waals surface area contributed by atoms with E-state index in [4.69, 9.17) is 9.47 Å². The predicted octanol–water partition coefficient (Wildman–Crippen LogP) is 27.6. The summed E-state index contributed by atoms with van der Waals surface area (Å²) in [5.41, 5.74) is 0. The molecular formula is C79H156O5. The Morgan fingerprint density at radius 1 is 0.226 bits per heavy atom. The van der Waals surface area contributed by atoms with Crippen LogP contribution in [-0.4, -0.2) is 36.4 Å². The summed E-state index contributed by atoms with van der Waals surface area (Å²) in [7, 11) is 0. The summed E-state index contributed by atoms with van der Waals surface area (Å²) in [6, 6.07) is 0. The van der Waals surface area contributed by atoms with Crippen molar-refractivity contribution in [3.63, 3.8) is 0 Å². The maximum absolute atomic E-state index is 12.4. The van der Waals surface area contributed by atoms with Crippen LogP contribution in [0.2, 0.25) is 0 Å². The lowest BCUT2D eigenvalue weighted by molar-refractivity contribution is -0.161. The Hall–Kier alpha value is -1.10. The third-order valence-electron chi connectivity index (χ3n) is 18.9. The molecule has 0 aromatic rings. The molecule has 502 valence electrons. The molecule has 1 N–H and O–H groups in total. The van der Waals surface area contributed by atoms with Crippen LogP contribution in [0.1, 0.15) is 476 Å². The van der Waals surface area contributed by atoms with Gasteiger partial charge in [-0.1, -0.05) is 450 Å². The number of aliphatic hydroxyl groups excluding tert-OH is 1. The highest BCUT2D eigenvalue weighted by Gasteiger charge is 2.16. The van der Waals surface area contributed by atoms with Gasteiger partial charge < -0.3 is 14.6 Å². The van der Waals surface area contributed by atoms with Gasteiger partial charge in [-0.15, -0.1) is 0 Å². The van der Waals surface area contributed by atoms with Gasteiger partial charge >= 0.3 is 11.9 Å². The van der Waals surface area contributed by atoms with Gasteiger partial charge in [-0.3, -0.25) is 9.59 Å². The summed E-state index contributed by atoms with van der Waals surface area (Å²) in [6.07, 6.45) is 97.8. The number of aliphatic hydroxyl groups is 1. The molecule has 0 heterocycles. The summed E-state index contributed by atoms with van der Waals surface area (Å²) in [4.78, 5) is 24.7. The maximum Gasteiger partial charge on any atom is 0.306 e. The minimum absolute atomic E-state index is 0.0551. The highest BCUT2D eigenvalue weighted by Crippen LogP contribution is 2.21. The number of hydrogen-bond donors (Lipinski definition) is 1. The average molecular weight is 1190 g/mol. The highest BCUT2D eigenvalue weighted by molar-refractivity contribution is 5.70. The second kappa shape index (κ2) is 76.1. The number of unbranched alkanes of at least 4 members (excludes halogenated alkanes) is 68. The molecule has 0 aliphatic carbocycles. The topological polar surface area (TPSA) is 72.8 Å². The number of hydrogen-bond acceptors (Lipinski definition) is 5. The number of carbonyl (C=O) groups is 2. The SMILES string of the molecule is CCCCCCCCCCCCCCCCCCCCCCCCCCCCCCCCCCCCCCCC(=O)OC(CO)COC(=O)CCCCCCCCCCCCCCCCCCCCCCCCCCCCCCCCCCC. The lowest BCUT2D eigenvalue weighted by atomic mass is 10.0. The average Bonchev–Trinajstić information content (AvgIpc) is 3.51.